The molecular formula is C20H21N3O3S. The van der Waals surface area contributed by atoms with Crippen LogP contribution in [0.15, 0.2) is 36.4 Å². The van der Waals surface area contributed by atoms with E-state index in [9.17, 15) is 4.79 Å². The number of hydrogen-bond acceptors (Lipinski definition) is 6. The van der Waals surface area contributed by atoms with Crippen LogP contribution >= 0.6 is 11.3 Å². The Labute approximate surface area is 161 Å². The van der Waals surface area contributed by atoms with E-state index in [1.807, 2.05) is 36.4 Å². The highest BCUT2D eigenvalue weighted by Gasteiger charge is 2.20. The third-order valence-corrected chi connectivity index (χ3v) is 5.81. The second-order valence-electron chi connectivity index (χ2n) is 6.47. The molecule has 0 aliphatic carbocycles. The van der Waals surface area contributed by atoms with Crippen molar-refractivity contribution in [2.24, 2.45) is 0 Å². The maximum atomic E-state index is 12.5. The first-order valence-electron chi connectivity index (χ1n) is 8.89. The standard InChI is InChI=1S/C20H21N3O3S/c1-25-13-6-4-12(5-7-13)16-9-8-15-17(21)18(27-20(15)23-16)19(24)22-11-14-3-2-10-26-14/h4-9,14H,2-3,10-11,21H2,1H3,(H,22,24). The van der Waals surface area contributed by atoms with Gasteiger partial charge in [0, 0.05) is 24.1 Å². The summed E-state index contributed by atoms with van der Waals surface area (Å²) in [6.07, 6.45) is 2.13. The van der Waals surface area contributed by atoms with E-state index in [1.165, 1.54) is 11.3 Å². The van der Waals surface area contributed by atoms with Gasteiger partial charge >= 0.3 is 0 Å². The van der Waals surface area contributed by atoms with Crippen molar-refractivity contribution >= 4 is 33.1 Å². The van der Waals surface area contributed by atoms with Crippen LogP contribution in [0, 0.1) is 0 Å². The zero-order valence-corrected chi connectivity index (χ0v) is 15.8. The number of thiophene rings is 1. The molecule has 3 aromatic rings. The Kier molecular flexibility index (Phi) is 4.96. The molecule has 0 saturated carbocycles. The second-order valence-corrected chi connectivity index (χ2v) is 7.47. The summed E-state index contributed by atoms with van der Waals surface area (Å²) in [5, 5.41) is 3.73. The Morgan fingerprint density at radius 2 is 2.15 bits per heavy atom. The molecule has 1 amide bonds. The Bertz CT molecular complexity index is 963. The summed E-state index contributed by atoms with van der Waals surface area (Å²) in [7, 11) is 1.64. The van der Waals surface area contributed by atoms with E-state index in [4.69, 9.17) is 20.2 Å². The van der Waals surface area contributed by atoms with Gasteiger partial charge < -0.3 is 20.5 Å². The monoisotopic (exact) mass is 383 g/mol. The van der Waals surface area contributed by atoms with Gasteiger partial charge in [-0.2, -0.15) is 0 Å². The average Bonchev–Trinajstić information content (AvgIpc) is 3.34. The number of benzene rings is 1. The number of nitrogens with zero attached hydrogens (tertiary/aromatic N) is 1. The van der Waals surface area contributed by atoms with Crippen molar-refractivity contribution < 1.29 is 14.3 Å². The summed E-state index contributed by atoms with van der Waals surface area (Å²) >= 11 is 1.32. The van der Waals surface area contributed by atoms with E-state index in [0.29, 0.717) is 17.1 Å². The van der Waals surface area contributed by atoms with Crippen molar-refractivity contribution in [3.05, 3.63) is 41.3 Å². The SMILES string of the molecule is COc1ccc(-c2ccc3c(N)c(C(=O)NCC4CCCO4)sc3n2)cc1. The molecule has 140 valence electrons. The Hall–Kier alpha value is -2.64. The maximum Gasteiger partial charge on any atom is 0.263 e. The fourth-order valence-electron chi connectivity index (χ4n) is 3.18. The number of carbonyl (C=O) groups excluding carboxylic acids is 1. The summed E-state index contributed by atoms with van der Waals surface area (Å²) in [6.45, 7) is 1.28. The molecule has 1 fully saturated rings. The zero-order chi connectivity index (χ0) is 18.8. The van der Waals surface area contributed by atoms with Crippen LogP contribution < -0.4 is 15.8 Å². The van der Waals surface area contributed by atoms with Gasteiger partial charge in [0.2, 0.25) is 0 Å². The van der Waals surface area contributed by atoms with Crippen molar-refractivity contribution in [1.82, 2.24) is 10.3 Å². The van der Waals surface area contributed by atoms with Gasteiger partial charge in [0.1, 0.15) is 15.5 Å². The molecule has 1 aliphatic heterocycles. The highest BCUT2D eigenvalue weighted by molar-refractivity contribution is 7.21. The molecule has 1 aromatic carbocycles. The summed E-state index contributed by atoms with van der Waals surface area (Å²) < 4.78 is 10.7. The van der Waals surface area contributed by atoms with Crippen LogP contribution in [-0.4, -0.2) is 37.3 Å². The lowest BCUT2D eigenvalue weighted by Gasteiger charge is -2.10. The molecule has 27 heavy (non-hydrogen) atoms. The molecule has 2 aromatic heterocycles. The van der Waals surface area contributed by atoms with Gasteiger partial charge in [-0.15, -0.1) is 11.3 Å². The number of fused-ring (bicyclic) bond motifs is 1. The van der Waals surface area contributed by atoms with Crippen molar-refractivity contribution in [1.29, 1.82) is 0 Å². The predicted molar refractivity (Wildman–Crippen MR) is 107 cm³/mol. The van der Waals surface area contributed by atoms with Crippen LogP contribution in [0.25, 0.3) is 21.5 Å². The predicted octanol–water partition coefficient (Wildman–Crippen LogP) is 3.46. The van der Waals surface area contributed by atoms with E-state index in [-0.39, 0.29) is 12.0 Å². The van der Waals surface area contributed by atoms with E-state index in [0.717, 1.165) is 46.7 Å². The van der Waals surface area contributed by atoms with Crippen molar-refractivity contribution in [2.45, 2.75) is 18.9 Å². The van der Waals surface area contributed by atoms with Gasteiger partial charge in [-0.1, -0.05) is 0 Å². The third kappa shape index (κ3) is 3.61. The van der Waals surface area contributed by atoms with Gasteiger partial charge in [0.15, 0.2) is 0 Å². The zero-order valence-electron chi connectivity index (χ0n) is 15.0. The van der Waals surface area contributed by atoms with Crippen molar-refractivity contribution in [3.63, 3.8) is 0 Å². The van der Waals surface area contributed by atoms with Crippen LogP contribution in [0.1, 0.15) is 22.5 Å². The summed E-state index contributed by atoms with van der Waals surface area (Å²) in [6, 6.07) is 11.5. The highest BCUT2D eigenvalue weighted by atomic mass is 32.1. The van der Waals surface area contributed by atoms with Gasteiger partial charge in [-0.3, -0.25) is 4.79 Å². The molecule has 0 spiro atoms. The summed E-state index contributed by atoms with van der Waals surface area (Å²) in [4.78, 5) is 18.5. The Morgan fingerprint density at radius 1 is 1.33 bits per heavy atom. The number of nitrogen functional groups attached to an aromatic ring is 1. The summed E-state index contributed by atoms with van der Waals surface area (Å²) in [5.41, 5.74) is 8.50. The van der Waals surface area contributed by atoms with E-state index in [2.05, 4.69) is 5.32 Å². The van der Waals surface area contributed by atoms with E-state index in [1.54, 1.807) is 7.11 Å². The number of aromatic nitrogens is 1. The first kappa shape index (κ1) is 17.8. The van der Waals surface area contributed by atoms with Crippen LogP contribution in [0.2, 0.25) is 0 Å². The molecule has 0 bridgehead atoms. The highest BCUT2D eigenvalue weighted by Crippen LogP contribution is 2.34. The number of nitrogens with two attached hydrogens (primary N) is 1. The number of pyridine rings is 1. The molecule has 1 aliphatic rings. The molecule has 0 radical (unpaired) electrons. The van der Waals surface area contributed by atoms with E-state index < -0.39 is 0 Å². The number of ether oxygens (including phenoxy) is 2. The molecule has 4 rings (SSSR count). The fraction of sp³-hybridized carbons (Fsp3) is 0.300. The van der Waals surface area contributed by atoms with Crippen LogP contribution in [-0.2, 0) is 4.74 Å². The number of hydrogen-bond donors (Lipinski definition) is 2. The smallest absolute Gasteiger partial charge is 0.263 e. The number of anilines is 1. The lowest BCUT2D eigenvalue weighted by molar-refractivity contribution is 0.0862. The minimum Gasteiger partial charge on any atom is -0.497 e. The van der Waals surface area contributed by atoms with E-state index >= 15 is 0 Å². The number of rotatable bonds is 5. The minimum absolute atomic E-state index is 0.101. The fourth-order valence-corrected chi connectivity index (χ4v) is 4.19. The molecule has 6 nitrogen and oxygen atoms in total. The first-order chi connectivity index (χ1) is 13.2. The van der Waals surface area contributed by atoms with Gasteiger partial charge in [-0.25, -0.2) is 4.98 Å². The number of methoxy groups -OCH3 is 1. The molecule has 1 atom stereocenters. The Morgan fingerprint density at radius 3 is 2.85 bits per heavy atom. The van der Waals surface area contributed by atoms with Crippen molar-refractivity contribution in [3.8, 4) is 17.0 Å². The van der Waals surface area contributed by atoms with Gasteiger partial charge in [0.25, 0.3) is 5.91 Å². The molecule has 3 N–H and O–H groups in total. The number of nitrogens with one attached hydrogen (secondary N) is 1. The molecule has 1 saturated heterocycles. The van der Waals surface area contributed by atoms with Crippen LogP contribution in [0.5, 0.6) is 5.75 Å². The number of amides is 1. The Balaban J connectivity index is 1.57. The van der Waals surface area contributed by atoms with Gasteiger partial charge in [0.05, 0.1) is 24.6 Å². The topological polar surface area (TPSA) is 86.5 Å². The third-order valence-electron chi connectivity index (χ3n) is 4.70. The van der Waals surface area contributed by atoms with Crippen LogP contribution in [0.3, 0.4) is 0 Å². The number of carbonyl (C=O) groups is 1. The lowest BCUT2D eigenvalue weighted by Crippen LogP contribution is -2.31. The molecule has 3 heterocycles. The second kappa shape index (κ2) is 7.54. The molecule has 1 unspecified atom stereocenters. The summed E-state index contributed by atoms with van der Waals surface area (Å²) in [5.74, 6) is 0.627. The average molecular weight is 383 g/mol. The quantitative estimate of drug-likeness (QED) is 0.705. The first-order valence-corrected chi connectivity index (χ1v) is 9.70. The maximum absolute atomic E-state index is 12.5. The lowest BCUT2D eigenvalue weighted by atomic mass is 10.1. The molecular weight excluding hydrogens is 362 g/mol. The van der Waals surface area contributed by atoms with Crippen LogP contribution in [0.4, 0.5) is 5.69 Å². The molecule has 7 heteroatoms. The minimum atomic E-state index is -0.169. The largest absolute Gasteiger partial charge is 0.497 e. The normalized spacial score (nSPS) is 16.6. The van der Waals surface area contributed by atoms with Crippen molar-refractivity contribution in [2.75, 3.05) is 26.0 Å². The van der Waals surface area contributed by atoms with Gasteiger partial charge in [-0.05, 0) is 49.2 Å².